The van der Waals surface area contributed by atoms with Crippen LogP contribution in [0.3, 0.4) is 0 Å². The summed E-state index contributed by atoms with van der Waals surface area (Å²) in [5.74, 6) is 0.0283. The van der Waals surface area contributed by atoms with E-state index in [1.165, 1.54) is 0 Å². The largest absolute Gasteiger partial charge is 0.351 e. The summed E-state index contributed by atoms with van der Waals surface area (Å²) in [5.41, 5.74) is 2.11. The number of halogens is 1. The second-order valence-electron chi connectivity index (χ2n) is 7.73. The minimum absolute atomic E-state index is 0.0299. The SMILES string of the molecule is CN(C)C(=O)c1ccc(CNC(=O)C2(c3cccc(Cl)c3)CCCCC2)cc1. The zero-order valence-electron chi connectivity index (χ0n) is 16.5. The van der Waals surface area contributed by atoms with E-state index in [0.29, 0.717) is 17.1 Å². The highest BCUT2D eigenvalue weighted by molar-refractivity contribution is 6.30. The molecule has 2 amide bonds. The number of nitrogens with zero attached hydrogens (tertiary/aromatic N) is 1. The van der Waals surface area contributed by atoms with Crippen molar-refractivity contribution in [2.24, 2.45) is 0 Å². The van der Waals surface area contributed by atoms with Gasteiger partial charge in [0.05, 0.1) is 5.41 Å². The van der Waals surface area contributed by atoms with Crippen molar-refractivity contribution in [3.05, 3.63) is 70.2 Å². The van der Waals surface area contributed by atoms with Crippen LogP contribution >= 0.6 is 11.6 Å². The number of nitrogens with one attached hydrogen (secondary N) is 1. The Morgan fingerprint density at radius 1 is 1.04 bits per heavy atom. The van der Waals surface area contributed by atoms with Gasteiger partial charge in [0, 0.05) is 31.2 Å². The molecule has 2 aromatic rings. The Bertz CT molecular complexity index is 840. The van der Waals surface area contributed by atoms with Crippen LogP contribution < -0.4 is 5.32 Å². The van der Waals surface area contributed by atoms with Crippen LogP contribution in [-0.2, 0) is 16.8 Å². The average molecular weight is 399 g/mol. The van der Waals surface area contributed by atoms with E-state index in [0.717, 1.165) is 43.2 Å². The summed E-state index contributed by atoms with van der Waals surface area (Å²) in [5, 5.41) is 3.78. The maximum absolute atomic E-state index is 13.3. The van der Waals surface area contributed by atoms with E-state index in [-0.39, 0.29) is 11.8 Å². The first-order chi connectivity index (χ1) is 13.4. The fourth-order valence-corrected chi connectivity index (χ4v) is 4.15. The van der Waals surface area contributed by atoms with E-state index in [4.69, 9.17) is 11.6 Å². The summed E-state index contributed by atoms with van der Waals surface area (Å²) in [7, 11) is 3.46. The Labute approximate surface area is 171 Å². The lowest BCUT2D eigenvalue weighted by Crippen LogP contribution is -2.45. The van der Waals surface area contributed by atoms with Gasteiger partial charge in [-0.2, -0.15) is 0 Å². The van der Waals surface area contributed by atoms with Crippen molar-refractivity contribution in [1.82, 2.24) is 10.2 Å². The lowest BCUT2D eigenvalue weighted by Gasteiger charge is -2.36. The molecule has 0 radical (unpaired) electrons. The highest BCUT2D eigenvalue weighted by atomic mass is 35.5. The number of rotatable bonds is 5. The third-order valence-corrected chi connectivity index (χ3v) is 5.81. The Morgan fingerprint density at radius 3 is 2.32 bits per heavy atom. The quantitative estimate of drug-likeness (QED) is 0.802. The number of hydrogen-bond acceptors (Lipinski definition) is 2. The lowest BCUT2D eigenvalue weighted by atomic mass is 9.68. The van der Waals surface area contributed by atoms with Crippen molar-refractivity contribution in [3.63, 3.8) is 0 Å². The predicted molar refractivity (Wildman–Crippen MR) is 113 cm³/mol. The maximum Gasteiger partial charge on any atom is 0.253 e. The van der Waals surface area contributed by atoms with E-state index < -0.39 is 5.41 Å². The molecule has 148 valence electrons. The van der Waals surface area contributed by atoms with Crippen LogP contribution in [0.5, 0.6) is 0 Å². The first-order valence-corrected chi connectivity index (χ1v) is 10.2. The molecule has 1 fully saturated rings. The number of carbonyl (C=O) groups is 2. The normalized spacial score (nSPS) is 15.7. The van der Waals surface area contributed by atoms with Crippen molar-refractivity contribution >= 4 is 23.4 Å². The second kappa shape index (κ2) is 8.78. The first kappa shape index (κ1) is 20.4. The third-order valence-electron chi connectivity index (χ3n) is 5.58. The Morgan fingerprint density at radius 2 is 1.71 bits per heavy atom. The minimum atomic E-state index is -0.510. The van der Waals surface area contributed by atoms with Gasteiger partial charge in [0.2, 0.25) is 5.91 Å². The first-order valence-electron chi connectivity index (χ1n) is 9.77. The van der Waals surface area contributed by atoms with Crippen LogP contribution in [0.2, 0.25) is 5.02 Å². The summed E-state index contributed by atoms with van der Waals surface area (Å²) in [6.45, 7) is 0.442. The molecule has 0 spiro atoms. The van der Waals surface area contributed by atoms with Crippen LogP contribution in [0.1, 0.15) is 53.6 Å². The van der Waals surface area contributed by atoms with Crippen LogP contribution in [0.15, 0.2) is 48.5 Å². The molecule has 0 bridgehead atoms. The van der Waals surface area contributed by atoms with Crippen molar-refractivity contribution in [3.8, 4) is 0 Å². The molecular weight excluding hydrogens is 372 g/mol. The number of amides is 2. The lowest BCUT2D eigenvalue weighted by molar-refractivity contribution is -0.128. The monoisotopic (exact) mass is 398 g/mol. The van der Waals surface area contributed by atoms with Gasteiger partial charge in [-0.3, -0.25) is 9.59 Å². The van der Waals surface area contributed by atoms with Crippen molar-refractivity contribution in [2.45, 2.75) is 44.1 Å². The molecule has 4 nitrogen and oxygen atoms in total. The van der Waals surface area contributed by atoms with Gasteiger partial charge in [-0.1, -0.05) is 55.1 Å². The van der Waals surface area contributed by atoms with Gasteiger partial charge >= 0.3 is 0 Å². The van der Waals surface area contributed by atoms with Gasteiger partial charge in [0.25, 0.3) is 5.91 Å². The molecule has 0 aromatic heterocycles. The van der Waals surface area contributed by atoms with E-state index in [1.54, 1.807) is 31.1 Å². The van der Waals surface area contributed by atoms with Crippen molar-refractivity contribution in [1.29, 1.82) is 0 Å². The molecule has 1 N–H and O–H groups in total. The number of benzene rings is 2. The molecular formula is C23H27ClN2O2. The molecule has 0 heterocycles. The number of carbonyl (C=O) groups excluding carboxylic acids is 2. The Kier molecular flexibility index (Phi) is 6.40. The molecule has 1 aliphatic carbocycles. The summed E-state index contributed by atoms with van der Waals surface area (Å²) < 4.78 is 0. The maximum atomic E-state index is 13.3. The van der Waals surface area contributed by atoms with Crippen molar-refractivity contribution in [2.75, 3.05) is 14.1 Å². The molecule has 2 aromatic carbocycles. The molecule has 28 heavy (non-hydrogen) atoms. The van der Waals surface area contributed by atoms with Crippen molar-refractivity contribution < 1.29 is 9.59 Å². The molecule has 0 unspecified atom stereocenters. The summed E-state index contributed by atoms with van der Waals surface area (Å²) in [6.07, 6.45) is 4.93. The number of hydrogen-bond donors (Lipinski definition) is 1. The van der Waals surface area contributed by atoms with E-state index >= 15 is 0 Å². The van der Waals surface area contributed by atoms with Crippen LogP contribution in [0, 0.1) is 0 Å². The van der Waals surface area contributed by atoms with Gasteiger partial charge in [0.15, 0.2) is 0 Å². The topological polar surface area (TPSA) is 49.4 Å². The highest BCUT2D eigenvalue weighted by Crippen LogP contribution is 2.40. The predicted octanol–water partition coefficient (Wildman–Crippen LogP) is 4.56. The van der Waals surface area contributed by atoms with Gasteiger partial charge in [-0.25, -0.2) is 0 Å². The smallest absolute Gasteiger partial charge is 0.253 e. The Balaban J connectivity index is 1.73. The molecule has 0 saturated heterocycles. The fourth-order valence-electron chi connectivity index (χ4n) is 3.96. The van der Waals surface area contributed by atoms with Gasteiger partial charge < -0.3 is 10.2 Å². The summed E-state index contributed by atoms with van der Waals surface area (Å²) >= 11 is 6.20. The third kappa shape index (κ3) is 4.39. The van der Waals surface area contributed by atoms with E-state index in [2.05, 4.69) is 5.32 Å². The van der Waals surface area contributed by atoms with Gasteiger partial charge in [-0.15, -0.1) is 0 Å². The Hall–Kier alpha value is -2.33. The van der Waals surface area contributed by atoms with E-state index in [1.807, 2.05) is 36.4 Å². The highest BCUT2D eigenvalue weighted by Gasteiger charge is 2.41. The van der Waals surface area contributed by atoms with Gasteiger partial charge in [-0.05, 0) is 48.2 Å². The minimum Gasteiger partial charge on any atom is -0.351 e. The van der Waals surface area contributed by atoms with Crippen LogP contribution in [0.4, 0.5) is 0 Å². The van der Waals surface area contributed by atoms with Crippen LogP contribution in [-0.4, -0.2) is 30.8 Å². The summed E-state index contributed by atoms with van der Waals surface area (Å²) in [4.78, 5) is 26.8. The summed E-state index contributed by atoms with van der Waals surface area (Å²) in [6, 6.07) is 15.1. The van der Waals surface area contributed by atoms with E-state index in [9.17, 15) is 9.59 Å². The molecule has 5 heteroatoms. The molecule has 1 saturated carbocycles. The zero-order valence-corrected chi connectivity index (χ0v) is 17.3. The van der Waals surface area contributed by atoms with Crippen LogP contribution in [0.25, 0.3) is 0 Å². The average Bonchev–Trinajstić information content (AvgIpc) is 2.72. The van der Waals surface area contributed by atoms with Gasteiger partial charge in [0.1, 0.15) is 0 Å². The second-order valence-corrected chi connectivity index (χ2v) is 8.17. The standard InChI is InChI=1S/C23H27ClN2O2/c1-26(2)21(27)18-11-9-17(10-12-18)16-25-22(28)23(13-4-3-5-14-23)19-7-6-8-20(24)15-19/h6-12,15H,3-5,13-14,16H2,1-2H3,(H,25,28). The molecule has 0 atom stereocenters. The molecule has 0 aliphatic heterocycles. The molecule has 1 aliphatic rings. The fraction of sp³-hybridized carbons (Fsp3) is 0.391. The zero-order chi connectivity index (χ0) is 20.1. The molecule has 3 rings (SSSR count).